The highest BCUT2D eigenvalue weighted by Crippen LogP contribution is 2.13. The van der Waals surface area contributed by atoms with Gasteiger partial charge in [-0.3, -0.25) is 9.59 Å². The fourth-order valence-electron chi connectivity index (χ4n) is 1.61. The number of aliphatic hydroxyl groups is 1. The molecule has 0 bridgehead atoms. The van der Waals surface area contributed by atoms with E-state index in [4.69, 9.17) is 5.11 Å². The summed E-state index contributed by atoms with van der Waals surface area (Å²) in [5, 5.41) is 13.9. The van der Waals surface area contributed by atoms with E-state index < -0.39 is 0 Å². The van der Waals surface area contributed by atoms with Crippen LogP contribution in [0.25, 0.3) is 0 Å². The summed E-state index contributed by atoms with van der Waals surface area (Å²) in [6, 6.07) is 7.22. The number of hydrogen-bond acceptors (Lipinski definition) is 3. The van der Waals surface area contributed by atoms with Crippen molar-refractivity contribution < 1.29 is 14.7 Å². The predicted octanol–water partition coefficient (Wildman–Crippen LogP) is 0.344. The lowest BCUT2D eigenvalue weighted by molar-refractivity contribution is -0.125. The molecule has 2 amide bonds. The van der Waals surface area contributed by atoms with Gasteiger partial charge in [0.2, 0.25) is 11.8 Å². The van der Waals surface area contributed by atoms with Crippen molar-refractivity contribution in [3.63, 3.8) is 0 Å². The molecule has 0 radical (unpaired) electrons. The number of aliphatic hydroxyl groups excluding tert-OH is 1. The van der Waals surface area contributed by atoms with Crippen molar-refractivity contribution in [2.45, 2.75) is 19.9 Å². The molecule has 1 aromatic rings. The SMILES string of the molecule is CC(=O)NCC(=O)NC(C)c1cccc(C#CCO)c1. The van der Waals surface area contributed by atoms with Crippen LogP contribution in [-0.2, 0) is 9.59 Å². The quantitative estimate of drug-likeness (QED) is 0.693. The Hall–Kier alpha value is -2.32. The van der Waals surface area contributed by atoms with Crippen LogP contribution in [0, 0.1) is 11.8 Å². The average molecular weight is 274 g/mol. The molecule has 0 aliphatic rings. The van der Waals surface area contributed by atoms with Crippen molar-refractivity contribution in [3.05, 3.63) is 35.4 Å². The molecule has 20 heavy (non-hydrogen) atoms. The summed E-state index contributed by atoms with van der Waals surface area (Å²) in [5.41, 5.74) is 1.69. The maximum atomic E-state index is 11.6. The van der Waals surface area contributed by atoms with Crippen LogP contribution in [0.4, 0.5) is 0 Å². The molecule has 1 rings (SSSR count). The Balaban J connectivity index is 2.65. The third-order valence-corrected chi connectivity index (χ3v) is 2.57. The minimum absolute atomic E-state index is 0.0380. The molecular formula is C15H18N2O3. The van der Waals surface area contributed by atoms with Gasteiger partial charge in [0.05, 0.1) is 12.6 Å². The second-order valence-electron chi connectivity index (χ2n) is 4.28. The van der Waals surface area contributed by atoms with Gasteiger partial charge in [-0.1, -0.05) is 24.0 Å². The van der Waals surface area contributed by atoms with Gasteiger partial charge in [0.1, 0.15) is 6.61 Å². The van der Waals surface area contributed by atoms with Gasteiger partial charge >= 0.3 is 0 Å². The van der Waals surface area contributed by atoms with Crippen LogP contribution in [0.15, 0.2) is 24.3 Å². The number of carbonyl (C=O) groups is 2. The van der Waals surface area contributed by atoms with E-state index in [-0.39, 0.29) is 31.0 Å². The Kier molecular flexibility index (Phi) is 6.27. The zero-order valence-corrected chi connectivity index (χ0v) is 11.6. The van der Waals surface area contributed by atoms with Gasteiger partial charge in [0, 0.05) is 12.5 Å². The molecule has 106 valence electrons. The molecule has 0 aliphatic heterocycles. The second-order valence-corrected chi connectivity index (χ2v) is 4.28. The molecule has 0 spiro atoms. The van der Waals surface area contributed by atoms with Gasteiger partial charge in [0.15, 0.2) is 0 Å². The first-order valence-electron chi connectivity index (χ1n) is 6.26. The first-order valence-corrected chi connectivity index (χ1v) is 6.26. The fourth-order valence-corrected chi connectivity index (χ4v) is 1.61. The van der Waals surface area contributed by atoms with Crippen molar-refractivity contribution in [3.8, 4) is 11.8 Å². The third kappa shape index (κ3) is 5.55. The maximum absolute atomic E-state index is 11.6. The summed E-state index contributed by atoms with van der Waals surface area (Å²) in [4.78, 5) is 22.3. The van der Waals surface area contributed by atoms with Crippen molar-refractivity contribution in [1.29, 1.82) is 0 Å². The van der Waals surface area contributed by atoms with Crippen LogP contribution in [0.1, 0.15) is 31.0 Å². The number of hydrogen-bond donors (Lipinski definition) is 3. The largest absolute Gasteiger partial charge is 0.384 e. The van der Waals surface area contributed by atoms with E-state index in [9.17, 15) is 9.59 Å². The maximum Gasteiger partial charge on any atom is 0.239 e. The molecule has 5 nitrogen and oxygen atoms in total. The predicted molar refractivity (Wildman–Crippen MR) is 75.6 cm³/mol. The lowest BCUT2D eigenvalue weighted by Gasteiger charge is -2.14. The van der Waals surface area contributed by atoms with E-state index >= 15 is 0 Å². The Morgan fingerprint density at radius 3 is 2.80 bits per heavy atom. The number of nitrogens with one attached hydrogen (secondary N) is 2. The van der Waals surface area contributed by atoms with E-state index in [0.29, 0.717) is 0 Å². The van der Waals surface area contributed by atoms with Crippen molar-refractivity contribution in [2.75, 3.05) is 13.2 Å². The van der Waals surface area contributed by atoms with Crippen LogP contribution in [0.5, 0.6) is 0 Å². The summed E-state index contributed by atoms with van der Waals surface area (Å²) >= 11 is 0. The van der Waals surface area contributed by atoms with Crippen LogP contribution >= 0.6 is 0 Å². The van der Waals surface area contributed by atoms with Gasteiger partial charge in [-0.25, -0.2) is 0 Å². The second kappa shape index (κ2) is 7.97. The molecule has 0 saturated carbocycles. The molecular weight excluding hydrogens is 256 g/mol. The number of carbonyl (C=O) groups excluding carboxylic acids is 2. The topological polar surface area (TPSA) is 78.4 Å². The van der Waals surface area contributed by atoms with Crippen LogP contribution in [0.2, 0.25) is 0 Å². The molecule has 1 atom stereocenters. The van der Waals surface area contributed by atoms with Gasteiger partial charge in [-0.2, -0.15) is 0 Å². The van der Waals surface area contributed by atoms with E-state index in [0.717, 1.165) is 11.1 Å². The van der Waals surface area contributed by atoms with Crippen LogP contribution in [0.3, 0.4) is 0 Å². The molecule has 5 heteroatoms. The van der Waals surface area contributed by atoms with E-state index in [1.54, 1.807) is 0 Å². The van der Waals surface area contributed by atoms with E-state index in [1.165, 1.54) is 6.92 Å². The number of benzene rings is 1. The zero-order valence-electron chi connectivity index (χ0n) is 11.6. The number of rotatable bonds is 4. The Morgan fingerprint density at radius 2 is 2.15 bits per heavy atom. The summed E-state index contributed by atoms with van der Waals surface area (Å²) in [6.45, 7) is 2.99. The first kappa shape index (κ1) is 15.7. The number of amides is 2. The molecule has 0 aliphatic carbocycles. The van der Waals surface area contributed by atoms with Gasteiger partial charge < -0.3 is 15.7 Å². The minimum atomic E-state index is -0.250. The third-order valence-electron chi connectivity index (χ3n) is 2.57. The van der Waals surface area contributed by atoms with E-state index in [2.05, 4.69) is 22.5 Å². The fraction of sp³-hybridized carbons (Fsp3) is 0.333. The molecule has 0 fully saturated rings. The standard InChI is InChI=1S/C15H18N2O3/c1-11(17-15(20)10-16-12(2)19)14-7-3-5-13(9-14)6-4-8-18/h3,5,7,9,11,18H,8,10H2,1-2H3,(H,16,19)(H,17,20). The highest BCUT2D eigenvalue weighted by Gasteiger charge is 2.09. The molecule has 0 heterocycles. The summed E-state index contributed by atoms with van der Waals surface area (Å²) in [5.74, 6) is 4.90. The Morgan fingerprint density at radius 1 is 1.40 bits per heavy atom. The smallest absolute Gasteiger partial charge is 0.239 e. The molecule has 1 aromatic carbocycles. The van der Waals surface area contributed by atoms with Crippen molar-refractivity contribution in [2.24, 2.45) is 0 Å². The monoisotopic (exact) mass is 274 g/mol. The average Bonchev–Trinajstić information content (AvgIpc) is 2.43. The normalized spacial score (nSPS) is 10.9. The highest BCUT2D eigenvalue weighted by molar-refractivity contribution is 5.83. The van der Waals surface area contributed by atoms with Crippen LogP contribution < -0.4 is 10.6 Å². The molecule has 1 unspecified atom stereocenters. The zero-order chi connectivity index (χ0) is 15.0. The summed E-state index contributed by atoms with van der Waals surface area (Å²) in [6.07, 6.45) is 0. The lowest BCUT2D eigenvalue weighted by Crippen LogP contribution is -2.37. The Labute approximate surface area is 118 Å². The first-order chi connectivity index (χ1) is 9.52. The van der Waals surface area contributed by atoms with Gasteiger partial charge in [-0.05, 0) is 24.6 Å². The van der Waals surface area contributed by atoms with Crippen molar-refractivity contribution >= 4 is 11.8 Å². The minimum Gasteiger partial charge on any atom is -0.384 e. The van der Waals surface area contributed by atoms with E-state index in [1.807, 2.05) is 31.2 Å². The van der Waals surface area contributed by atoms with Gasteiger partial charge in [0.25, 0.3) is 0 Å². The molecule has 3 N–H and O–H groups in total. The lowest BCUT2D eigenvalue weighted by atomic mass is 10.1. The Bertz CT molecular complexity index is 544. The molecule has 0 saturated heterocycles. The molecule has 0 aromatic heterocycles. The van der Waals surface area contributed by atoms with Crippen molar-refractivity contribution in [1.82, 2.24) is 10.6 Å². The summed E-state index contributed by atoms with van der Waals surface area (Å²) in [7, 11) is 0. The summed E-state index contributed by atoms with van der Waals surface area (Å²) < 4.78 is 0. The van der Waals surface area contributed by atoms with Gasteiger partial charge in [-0.15, -0.1) is 0 Å². The van der Waals surface area contributed by atoms with Crippen LogP contribution in [-0.4, -0.2) is 30.1 Å². The highest BCUT2D eigenvalue weighted by atomic mass is 16.2.